The molecule has 0 aliphatic rings. The van der Waals surface area contributed by atoms with Gasteiger partial charge in [0.2, 0.25) is 11.8 Å². The highest BCUT2D eigenvalue weighted by Crippen LogP contribution is 2.26. The van der Waals surface area contributed by atoms with Crippen molar-refractivity contribution in [2.45, 2.75) is 17.3 Å². The van der Waals surface area contributed by atoms with Crippen LogP contribution in [-0.2, 0) is 4.79 Å². The molecule has 0 spiro atoms. The molecule has 0 saturated heterocycles. The van der Waals surface area contributed by atoms with Crippen molar-refractivity contribution in [2.75, 3.05) is 5.32 Å². The maximum Gasteiger partial charge on any atom is 0.248 e. The molecular formula is C19H17BrN4O2S. The van der Waals surface area contributed by atoms with E-state index in [2.05, 4.69) is 26.2 Å². The molecule has 0 fully saturated rings. The molecule has 8 heteroatoms. The van der Waals surface area contributed by atoms with Crippen LogP contribution in [0.4, 0.5) is 5.69 Å². The average Bonchev–Trinajstić information content (AvgIpc) is 3.10. The largest absolute Gasteiger partial charge is 0.366 e. The van der Waals surface area contributed by atoms with Crippen molar-refractivity contribution in [1.82, 2.24) is 9.55 Å². The lowest BCUT2D eigenvalue weighted by Gasteiger charge is -2.13. The molecule has 0 bridgehead atoms. The number of anilines is 1. The molecule has 1 aromatic heterocycles. The summed E-state index contributed by atoms with van der Waals surface area (Å²) in [7, 11) is 0. The summed E-state index contributed by atoms with van der Waals surface area (Å²) in [5.74, 6) is -0.659. The summed E-state index contributed by atoms with van der Waals surface area (Å²) in [4.78, 5) is 27.9. The van der Waals surface area contributed by atoms with Crippen LogP contribution in [0.2, 0.25) is 0 Å². The number of imidazole rings is 1. The minimum atomic E-state index is -0.503. The van der Waals surface area contributed by atoms with Gasteiger partial charge in [-0.3, -0.25) is 14.2 Å². The van der Waals surface area contributed by atoms with E-state index in [9.17, 15) is 9.59 Å². The Labute approximate surface area is 169 Å². The summed E-state index contributed by atoms with van der Waals surface area (Å²) < 4.78 is 2.93. The third kappa shape index (κ3) is 4.78. The lowest BCUT2D eigenvalue weighted by atomic mass is 10.2. The van der Waals surface area contributed by atoms with Crippen molar-refractivity contribution in [3.05, 3.63) is 71.0 Å². The molecule has 0 aliphatic heterocycles. The van der Waals surface area contributed by atoms with Crippen molar-refractivity contribution < 1.29 is 9.59 Å². The Morgan fingerprint density at radius 2 is 1.81 bits per heavy atom. The zero-order valence-corrected chi connectivity index (χ0v) is 16.8. The monoisotopic (exact) mass is 444 g/mol. The SMILES string of the molecule is C[C@H](Sc1nccn1-c1ccc(Br)cc1)C(=O)Nc1ccc(C(N)=O)cc1. The van der Waals surface area contributed by atoms with E-state index in [0.29, 0.717) is 11.3 Å². The molecule has 0 saturated carbocycles. The van der Waals surface area contributed by atoms with Crippen LogP contribution >= 0.6 is 27.7 Å². The lowest BCUT2D eigenvalue weighted by molar-refractivity contribution is -0.115. The van der Waals surface area contributed by atoms with Gasteiger partial charge in [-0.2, -0.15) is 0 Å². The summed E-state index contributed by atoms with van der Waals surface area (Å²) in [5.41, 5.74) is 7.18. The van der Waals surface area contributed by atoms with E-state index in [4.69, 9.17) is 5.73 Å². The van der Waals surface area contributed by atoms with Gasteiger partial charge >= 0.3 is 0 Å². The molecule has 2 aromatic carbocycles. The highest BCUT2D eigenvalue weighted by Gasteiger charge is 2.18. The number of nitrogens with zero attached hydrogens (tertiary/aromatic N) is 2. The highest BCUT2D eigenvalue weighted by molar-refractivity contribution is 9.10. The molecule has 3 rings (SSSR count). The third-order valence-electron chi connectivity index (χ3n) is 3.80. The van der Waals surface area contributed by atoms with Gasteiger partial charge < -0.3 is 11.1 Å². The van der Waals surface area contributed by atoms with Gasteiger partial charge in [-0.15, -0.1) is 0 Å². The lowest BCUT2D eigenvalue weighted by Crippen LogP contribution is -2.23. The van der Waals surface area contributed by atoms with E-state index in [1.165, 1.54) is 11.8 Å². The van der Waals surface area contributed by atoms with Crippen LogP contribution in [-0.4, -0.2) is 26.6 Å². The van der Waals surface area contributed by atoms with E-state index >= 15 is 0 Å². The molecule has 0 radical (unpaired) electrons. The summed E-state index contributed by atoms with van der Waals surface area (Å²) in [5, 5.41) is 3.19. The van der Waals surface area contributed by atoms with Crippen molar-refractivity contribution in [3.8, 4) is 5.69 Å². The van der Waals surface area contributed by atoms with Gasteiger partial charge in [0.05, 0.1) is 5.25 Å². The average molecular weight is 445 g/mol. The number of benzene rings is 2. The van der Waals surface area contributed by atoms with E-state index in [1.54, 1.807) is 30.5 Å². The minimum Gasteiger partial charge on any atom is -0.366 e. The standard InChI is InChI=1S/C19H17BrN4O2S/c1-12(18(26)23-15-6-2-13(3-7-15)17(21)25)27-19-22-10-11-24(19)16-8-4-14(20)5-9-16/h2-12H,1H3,(H2,21,25)(H,23,26)/t12-/m0/s1. The van der Waals surface area contributed by atoms with E-state index < -0.39 is 5.91 Å². The first-order chi connectivity index (χ1) is 12.9. The molecular weight excluding hydrogens is 428 g/mol. The van der Waals surface area contributed by atoms with Crippen molar-refractivity contribution in [2.24, 2.45) is 5.73 Å². The molecule has 0 aliphatic carbocycles. The predicted molar refractivity (Wildman–Crippen MR) is 110 cm³/mol. The van der Waals surface area contributed by atoms with Gasteiger partial charge in [-0.25, -0.2) is 4.98 Å². The van der Waals surface area contributed by atoms with Crippen molar-refractivity contribution in [3.63, 3.8) is 0 Å². The van der Waals surface area contributed by atoms with Crippen LogP contribution in [0.3, 0.4) is 0 Å². The smallest absolute Gasteiger partial charge is 0.248 e. The predicted octanol–water partition coefficient (Wildman–Crippen LogP) is 3.85. The maximum absolute atomic E-state index is 12.5. The van der Waals surface area contributed by atoms with Crippen molar-refractivity contribution in [1.29, 1.82) is 0 Å². The Morgan fingerprint density at radius 3 is 2.44 bits per heavy atom. The number of amides is 2. The second kappa shape index (κ2) is 8.41. The topological polar surface area (TPSA) is 90.0 Å². The number of carbonyl (C=O) groups excluding carboxylic acids is 2. The second-order valence-corrected chi connectivity index (χ2v) is 7.97. The summed E-state index contributed by atoms with van der Waals surface area (Å²) in [6.45, 7) is 1.82. The highest BCUT2D eigenvalue weighted by atomic mass is 79.9. The third-order valence-corrected chi connectivity index (χ3v) is 5.41. The number of rotatable bonds is 6. The Balaban J connectivity index is 1.67. The Morgan fingerprint density at radius 1 is 1.15 bits per heavy atom. The Bertz CT molecular complexity index is 955. The number of carbonyl (C=O) groups is 2. The van der Waals surface area contributed by atoms with Crippen LogP contribution in [0.15, 0.2) is 70.6 Å². The van der Waals surface area contributed by atoms with Crippen LogP contribution in [0, 0.1) is 0 Å². The molecule has 1 atom stereocenters. The fraction of sp³-hybridized carbons (Fsp3) is 0.105. The van der Waals surface area contributed by atoms with Gasteiger partial charge in [0.15, 0.2) is 5.16 Å². The molecule has 27 heavy (non-hydrogen) atoms. The number of nitrogens with one attached hydrogen (secondary N) is 1. The molecule has 2 amide bonds. The molecule has 3 aromatic rings. The molecule has 3 N–H and O–H groups in total. The fourth-order valence-corrected chi connectivity index (χ4v) is 3.50. The van der Waals surface area contributed by atoms with Gasteiger partial charge in [0.25, 0.3) is 0 Å². The number of nitrogens with two attached hydrogens (primary N) is 1. The van der Waals surface area contributed by atoms with Gasteiger partial charge in [-0.1, -0.05) is 27.7 Å². The van der Waals surface area contributed by atoms with Gasteiger partial charge in [0, 0.05) is 33.8 Å². The number of primary amides is 1. The summed E-state index contributed by atoms with van der Waals surface area (Å²) in [6.07, 6.45) is 3.57. The quantitative estimate of drug-likeness (QED) is 0.564. The minimum absolute atomic E-state index is 0.155. The molecule has 0 unspecified atom stereocenters. The van der Waals surface area contributed by atoms with E-state index in [0.717, 1.165) is 15.3 Å². The number of halogens is 1. The van der Waals surface area contributed by atoms with E-state index in [1.807, 2.05) is 42.0 Å². The molecule has 1 heterocycles. The second-order valence-electron chi connectivity index (χ2n) is 5.75. The number of hydrogen-bond donors (Lipinski definition) is 2. The zero-order valence-electron chi connectivity index (χ0n) is 14.4. The van der Waals surface area contributed by atoms with Crippen LogP contribution in [0.5, 0.6) is 0 Å². The van der Waals surface area contributed by atoms with Crippen LogP contribution < -0.4 is 11.1 Å². The number of aromatic nitrogens is 2. The van der Waals surface area contributed by atoms with Gasteiger partial charge in [0.1, 0.15) is 0 Å². The molecule has 6 nitrogen and oxygen atoms in total. The first kappa shape index (κ1) is 19.2. The number of thioether (sulfide) groups is 1. The van der Waals surface area contributed by atoms with Crippen molar-refractivity contribution >= 4 is 45.2 Å². The summed E-state index contributed by atoms with van der Waals surface area (Å²) in [6, 6.07) is 14.3. The summed E-state index contributed by atoms with van der Waals surface area (Å²) >= 11 is 4.79. The van der Waals surface area contributed by atoms with Gasteiger partial charge in [-0.05, 0) is 55.5 Å². The normalized spacial score (nSPS) is 11.8. The maximum atomic E-state index is 12.5. The zero-order chi connectivity index (χ0) is 19.4. The first-order valence-corrected chi connectivity index (χ1v) is 9.78. The Kier molecular flexibility index (Phi) is 5.98. The molecule has 138 valence electrons. The van der Waals surface area contributed by atoms with Crippen LogP contribution in [0.1, 0.15) is 17.3 Å². The fourth-order valence-electron chi connectivity index (χ4n) is 2.35. The Hall–Kier alpha value is -2.58. The van der Waals surface area contributed by atoms with E-state index in [-0.39, 0.29) is 11.2 Å². The first-order valence-electron chi connectivity index (χ1n) is 8.11. The van der Waals surface area contributed by atoms with Crippen LogP contribution in [0.25, 0.3) is 5.69 Å². The number of hydrogen-bond acceptors (Lipinski definition) is 4.